The molecule has 146 valence electrons. The van der Waals surface area contributed by atoms with Gasteiger partial charge < -0.3 is 14.9 Å². The van der Waals surface area contributed by atoms with E-state index in [4.69, 9.17) is 21.2 Å². The molecule has 0 radical (unpaired) electrons. The van der Waals surface area contributed by atoms with Crippen LogP contribution in [-0.2, 0) is 16.1 Å². The smallest absolute Gasteiger partial charge is 0.224 e. The molecule has 0 spiro atoms. The number of hydrogen-bond donors (Lipinski definition) is 1. The maximum absolute atomic E-state index is 11.4. The highest BCUT2D eigenvalue weighted by atomic mass is 35.5. The number of fused-ring (bicyclic) bond motifs is 1. The van der Waals surface area contributed by atoms with E-state index >= 15 is 0 Å². The maximum Gasteiger partial charge on any atom is 0.224 e. The molecule has 0 aromatic heterocycles. The number of nitrogens with zero attached hydrogens (tertiary/aromatic N) is 2. The molecule has 2 aromatic carbocycles. The van der Waals surface area contributed by atoms with E-state index in [2.05, 4.69) is 15.5 Å². The number of amidine groups is 1. The van der Waals surface area contributed by atoms with Crippen LogP contribution in [0.2, 0.25) is 5.02 Å². The van der Waals surface area contributed by atoms with Crippen molar-refractivity contribution in [1.82, 2.24) is 0 Å². The molecule has 0 aliphatic carbocycles. The van der Waals surface area contributed by atoms with Crippen LogP contribution >= 0.6 is 11.6 Å². The summed E-state index contributed by atoms with van der Waals surface area (Å²) in [6.45, 7) is 0.532. The summed E-state index contributed by atoms with van der Waals surface area (Å²) >= 11 is 5.88. The van der Waals surface area contributed by atoms with Crippen molar-refractivity contribution in [3.63, 3.8) is 0 Å². The molecule has 0 saturated heterocycles. The first-order chi connectivity index (χ1) is 13.6. The molecule has 0 fully saturated rings. The highest BCUT2D eigenvalue weighted by molar-refractivity contribution is 6.30. The largest absolute Gasteiger partial charge is 0.494 e. The summed E-state index contributed by atoms with van der Waals surface area (Å²) in [7, 11) is 1.50. The minimum atomic E-state index is 0.0604. The molecule has 1 heterocycles. The summed E-state index contributed by atoms with van der Waals surface area (Å²) in [5.41, 5.74) is 2.91. The third kappa shape index (κ3) is 5.82. The number of carbonyl (C=O) groups is 1. The van der Waals surface area contributed by atoms with Gasteiger partial charge in [0.1, 0.15) is 12.9 Å². The summed E-state index contributed by atoms with van der Waals surface area (Å²) in [5.74, 6) is 1.45. The SMILES string of the molecule is CO/N=C(/CCCOc1ccc2c(c1)CCC(=O)N2)N=Cc1ccc(Cl)cc1. The molecular formula is C21H22ClN3O3. The van der Waals surface area contributed by atoms with E-state index in [1.54, 1.807) is 6.21 Å². The first-order valence-electron chi connectivity index (χ1n) is 9.09. The minimum Gasteiger partial charge on any atom is -0.494 e. The Morgan fingerprint density at radius 3 is 2.82 bits per heavy atom. The zero-order valence-corrected chi connectivity index (χ0v) is 16.4. The topological polar surface area (TPSA) is 72.3 Å². The first-order valence-corrected chi connectivity index (χ1v) is 9.47. The molecule has 1 N–H and O–H groups in total. The Bertz CT molecular complexity index is 879. The number of hydrogen-bond acceptors (Lipinski definition) is 4. The second-order valence-corrected chi connectivity index (χ2v) is 6.76. The molecule has 0 unspecified atom stereocenters. The predicted molar refractivity (Wildman–Crippen MR) is 112 cm³/mol. The van der Waals surface area contributed by atoms with Crippen LogP contribution in [0.1, 0.15) is 30.4 Å². The number of aryl methyl sites for hydroxylation is 1. The lowest BCUT2D eigenvalue weighted by molar-refractivity contribution is -0.116. The zero-order chi connectivity index (χ0) is 19.8. The number of aliphatic imine (C=N–C) groups is 1. The van der Waals surface area contributed by atoms with Gasteiger partial charge in [-0.15, -0.1) is 0 Å². The Morgan fingerprint density at radius 1 is 1.21 bits per heavy atom. The van der Waals surface area contributed by atoms with Crippen molar-refractivity contribution in [2.45, 2.75) is 25.7 Å². The fraction of sp³-hybridized carbons (Fsp3) is 0.286. The summed E-state index contributed by atoms with van der Waals surface area (Å²) in [4.78, 5) is 20.7. The van der Waals surface area contributed by atoms with Gasteiger partial charge in [0.2, 0.25) is 5.91 Å². The summed E-state index contributed by atoms with van der Waals surface area (Å²) < 4.78 is 5.83. The van der Waals surface area contributed by atoms with Crippen molar-refractivity contribution in [3.8, 4) is 5.75 Å². The van der Waals surface area contributed by atoms with E-state index in [9.17, 15) is 4.79 Å². The number of nitrogens with one attached hydrogen (secondary N) is 1. The molecule has 0 bridgehead atoms. The monoisotopic (exact) mass is 399 g/mol. The van der Waals surface area contributed by atoms with E-state index in [0.717, 1.165) is 35.4 Å². The highest BCUT2D eigenvalue weighted by Gasteiger charge is 2.14. The first kappa shape index (κ1) is 19.9. The molecule has 1 amide bonds. The molecule has 1 aliphatic rings. The van der Waals surface area contributed by atoms with Crippen LogP contribution in [0.5, 0.6) is 5.75 Å². The molecule has 0 saturated carbocycles. The van der Waals surface area contributed by atoms with Gasteiger partial charge in [-0.1, -0.05) is 28.9 Å². The Morgan fingerprint density at radius 2 is 2.04 bits per heavy atom. The Kier molecular flexibility index (Phi) is 7.03. The van der Waals surface area contributed by atoms with Gasteiger partial charge in [-0.05, 0) is 54.3 Å². The minimum absolute atomic E-state index is 0.0604. The van der Waals surface area contributed by atoms with E-state index < -0.39 is 0 Å². The Labute approximate surface area is 169 Å². The van der Waals surface area contributed by atoms with Gasteiger partial charge in [0.05, 0.1) is 6.61 Å². The second kappa shape index (κ2) is 9.90. The van der Waals surface area contributed by atoms with Crippen molar-refractivity contribution in [1.29, 1.82) is 0 Å². The number of rotatable bonds is 7. The molecule has 6 nitrogen and oxygen atoms in total. The van der Waals surface area contributed by atoms with Crippen molar-refractivity contribution < 1.29 is 14.4 Å². The molecule has 7 heteroatoms. The van der Waals surface area contributed by atoms with Crippen LogP contribution in [0.15, 0.2) is 52.6 Å². The van der Waals surface area contributed by atoms with Crippen LogP contribution < -0.4 is 10.1 Å². The maximum atomic E-state index is 11.4. The lowest BCUT2D eigenvalue weighted by Crippen LogP contribution is -2.18. The molecule has 28 heavy (non-hydrogen) atoms. The van der Waals surface area contributed by atoms with Crippen LogP contribution in [0.4, 0.5) is 5.69 Å². The van der Waals surface area contributed by atoms with Crippen LogP contribution in [0.25, 0.3) is 0 Å². The highest BCUT2D eigenvalue weighted by Crippen LogP contribution is 2.26. The molecule has 3 rings (SSSR count). The van der Waals surface area contributed by atoms with Gasteiger partial charge in [0.15, 0.2) is 5.84 Å². The van der Waals surface area contributed by atoms with E-state index in [1.807, 2.05) is 42.5 Å². The van der Waals surface area contributed by atoms with Crippen LogP contribution in [-0.4, -0.2) is 31.7 Å². The van der Waals surface area contributed by atoms with Crippen molar-refractivity contribution >= 4 is 35.2 Å². The van der Waals surface area contributed by atoms with Gasteiger partial charge in [0.25, 0.3) is 0 Å². The van der Waals surface area contributed by atoms with Crippen LogP contribution in [0, 0.1) is 0 Å². The summed E-state index contributed by atoms with van der Waals surface area (Å²) in [6.07, 6.45) is 4.35. The number of ether oxygens (including phenoxy) is 1. The number of oxime groups is 1. The number of benzene rings is 2. The van der Waals surface area contributed by atoms with Crippen LogP contribution in [0.3, 0.4) is 0 Å². The third-order valence-electron chi connectivity index (χ3n) is 4.21. The summed E-state index contributed by atoms with van der Waals surface area (Å²) in [5, 5.41) is 7.51. The molecular weight excluding hydrogens is 378 g/mol. The predicted octanol–water partition coefficient (Wildman–Crippen LogP) is 4.46. The van der Waals surface area contributed by atoms with Gasteiger partial charge in [-0.2, -0.15) is 0 Å². The Hall–Kier alpha value is -2.86. The van der Waals surface area contributed by atoms with Gasteiger partial charge in [-0.25, -0.2) is 4.99 Å². The van der Waals surface area contributed by atoms with Gasteiger partial charge in [0, 0.05) is 29.8 Å². The zero-order valence-electron chi connectivity index (χ0n) is 15.7. The standard InChI is InChI=1S/C21H22ClN3O3/c1-27-25-20(23-14-15-4-7-17(22)8-5-15)3-2-12-28-18-9-10-19-16(13-18)6-11-21(26)24-19/h4-5,7-10,13-14H,2-3,6,11-12H2,1H3,(H,24,26)/b23-14?,25-20-. The quantitative estimate of drug-likeness (QED) is 0.323. The normalized spacial score (nSPS) is 13.9. The molecule has 0 atom stereocenters. The average Bonchev–Trinajstić information content (AvgIpc) is 2.70. The molecule has 2 aromatic rings. The number of amides is 1. The lowest BCUT2D eigenvalue weighted by atomic mass is 10.0. The van der Waals surface area contributed by atoms with E-state index in [1.165, 1.54) is 7.11 Å². The molecule has 1 aliphatic heterocycles. The van der Waals surface area contributed by atoms with Crippen molar-refractivity contribution in [2.24, 2.45) is 10.1 Å². The fourth-order valence-electron chi connectivity index (χ4n) is 2.81. The van der Waals surface area contributed by atoms with E-state index in [-0.39, 0.29) is 5.91 Å². The summed E-state index contributed by atoms with van der Waals surface area (Å²) in [6, 6.07) is 13.1. The lowest BCUT2D eigenvalue weighted by Gasteiger charge is -2.17. The number of carbonyl (C=O) groups excluding carboxylic acids is 1. The van der Waals surface area contributed by atoms with Gasteiger partial charge in [-0.3, -0.25) is 4.79 Å². The van der Waals surface area contributed by atoms with Crippen molar-refractivity contribution in [2.75, 3.05) is 19.0 Å². The number of anilines is 1. The van der Waals surface area contributed by atoms with E-state index in [0.29, 0.717) is 30.3 Å². The Balaban J connectivity index is 1.49. The second-order valence-electron chi connectivity index (χ2n) is 6.32. The average molecular weight is 400 g/mol. The van der Waals surface area contributed by atoms with Gasteiger partial charge >= 0.3 is 0 Å². The van der Waals surface area contributed by atoms with Crippen molar-refractivity contribution in [3.05, 3.63) is 58.6 Å². The number of halogens is 1. The third-order valence-corrected chi connectivity index (χ3v) is 4.47. The fourth-order valence-corrected chi connectivity index (χ4v) is 2.93.